The molecule has 0 aliphatic rings. The van der Waals surface area contributed by atoms with E-state index in [9.17, 15) is 13.5 Å². The molecule has 0 radical (unpaired) electrons. The van der Waals surface area contributed by atoms with E-state index < -0.39 is 22.7 Å². The Morgan fingerprint density at radius 1 is 1.23 bits per heavy atom. The standard InChI is InChI=1S/C15H13ClN2O3S/c16-13-6-7-15(12(8-13)9-17)22(20,21)18-14(10-19)11-4-2-1-3-5-11/h1-8,14,18-19H,10H2. The number of halogens is 1. The summed E-state index contributed by atoms with van der Waals surface area (Å²) in [5, 5.41) is 18.8. The molecule has 2 N–H and O–H groups in total. The lowest BCUT2D eigenvalue weighted by atomic mass is 10.1. The molecular formula is C15H13ClN2O3S. The van der Waals surface area contributed by atoms with Crippen molar-refractivity contribution in [3.05, 3.63) is 64.7 Å². The highest BCUT2D eigenvalue weighted by Gasteiger charge is 2.23. The van der Waals surface area contributed by atoms with E-state index in [0.29, 0.717) is 5.56 Å². The maximum Gasteiger partial charge on any atom is 0.242 e. The number of nitriles is 1. The maximum absolute atomic E-state index is 12.4. The summed E-state index contributed by atoms with van der Waals surface area (Å²) in [7, 11) is -3.97. The number of aliphatic hydroxyl groups is 1. The molecule has 0 aliphatic carbocycles. The van der Waals surface area contributed by atoms with Crippen molar-refractivity contribution in [2.24, 2.45) is 0 Å². The number of hydrogen-bond donors (Lipinski definition) is 2. The molecule has 2 aromatic carbocycles. The number of nitrogens with one attached hydrogen (secondary N) is 1. The van der Waals surface area contributed by atoms with Gasteiger partial charge in [-0.05, 0) is 23.8 Å². The summed E-state index contributed by atoms with van der Waals surface area (Å²) in [4.78, 5) is -0.172. The molecule has 0 amide bonds. The molecule has 2 aromatic rings. The van der Waals surface area contributed by atoms with Crippen LogP contribution in [0.5, 0.6) is 0 Å². The van der Waals surface area contributed by atoms with Crippen LogP contribution >= 0.6 is 11.6 Å². The minimum atomic E-state index is -3.97. The van der Waals surface area contributed by atoms with Gasteiger partial charge in [0.1, 0.15) is 6.07 Å². The third-order valence-electron chi connectivity index (χ3n) is 3.03. The maximum atomic E-state index is 12.4. The van der Waals surface area contributed by atoms with Gasteiger partial charge in [-0.3, -0.25) is 0 Å². The van der Waals surface area contributed by atoms with Gasteiger partial charge >= 0.3 is 0 Å². The fraction of sp³-hybridized carbons (Fsp3) is 0.133. The van der Waals surface area contributed by atoms with Crippen LogP contribution in [-0.2, 0) is 10.0 Å². The zero-order valence-corrected chi connectivity index (χ0v) is 13.0. The first kappa shape index (κ1) is 16.5. The summed E-state index contributed by atoms with van der Waals surface area (Å²) < 4.78 is 27.3. The molecule has 0 spiro atoms. The summed E-state index contributed by atoms with van der Waals surface area (Å²) in [6.45, 7) is -0.404. The van der Waals surface area contributed by atoms with Crippen molar-refractivity contribution in [1.29, 1.82) is 5.26 Å². The molecule has 5 nitrogen and oxygen atoms in total. The Bertz CT molecular complexity index is 801. The molecule has 0 heterocycles. The lowest BCUT2D eigenvalue weighted by Crippen LogP contribution is -2.31. The van der Waals surface area contributed by atoms with E-state index >= 15 is 0 Å². The summed E-state index contributed by atoms with van der Waals surface area (Å²) in [6.07, 6.45) is 0. The Morgan fingerprint density at radius 2 is 1.91 bits per heavy atom. The Hall–Kier alpha value is -1.91. The van der Waals surface area contributed by atoms with Crippen LogP contribution in [0, 0.1) is 11.3 Å². The molecule has 0 aromatic heterocycles. The van der Waals surface area contributed by atoms with Crippen molar-refractivity contribution in [3.8, 4) is 6.07 Å². The molecule has 1 atom stereocenters. The van der Waals surface area contributed by atoms with E-state index in [1.807, 2.05) is 6.07 Å². The van der Waals surface area contributed by atoms with Gasteiger partial charge in [0, 0.05) is 5.02 Å². The minimum Gasteiger partial charge on any atom is -0.394 e. The molecule has 2 rings (SSSR count). The van der Waals surface area contributed by atoms with Crippen molar-refractivity contribution >= 4 is 21.6 Å². The molecule has 0 saturated heterocycles. The Kier molecular flexibility index (Phi) is 5.16. The number of nitrogens with zero attached hydrogens (tertiary/aromatic N) is 1. The number of sulfonamides is 1. The Labute approximate surface area is 133 Å². The van der Waals surface area contributed by atoms with E-state index in [1.54, 1.807) is 30.3 Å². The van der Waals surface area contributed by atoms with Crippen molar-refractivity contribution in [2.45, 2.75) is 10.9 Å². The quantitative estimate of drug-likeness (QED) is 0.876. The third-order valence-corrected chi connectivity index (χ3v) is 4.80. The van der Waals surface area contributed by atoms with Crippen molar-refractivity contribution in [2.75, 3.05) is 6.61 Å². The summed E-state index contributed by atoms with van der Waals surface area (Å²) >= 11 is 5.77. The first-order chi connectivity index (χ1) is 10.5. The van der Waals surface area contributed by atoms with Gasteiger partial charge in [-0.1, -0.05) is 41.9 Å². The van der Waals surface area contributed by atoms with Crippen molar-refractivity contribution in [1.82, 2.24) is 4.72 Å². The second-order valence-corrected chi connectivity index (χ2v) is 6.64. The monoisotopic (exact) mass is 336 g/mol. The Morgan fingerprint density at radius 3 is 2.50 bits per heavy atom. The highest BCUT2D eigenvalue weighted by molar-refractivity contribution is 7.89. The molecule has 0 bridgehead atoms. The second kappa shape index (κ2) is 6.90. The lowest BCUT2D eigenvalue weighted by Gasteiger charge is -2.17. The molecule has 114 valence electrons. The average molecular weight is 337 g/mol. The lowest BCUT2D eigenvalue weighted by molar-refractivity contribution is 0.259. The van der Waals surface area contributed by atoms with Crippen LogP contribution in [0.1, 0.15) is 17.2 Å². The molecule has 0 fully saturated rings. The first-order valence-corrected chi connectivity index (χ1v) is 8.22. The predicted molar refractivity (Wildman–Crippen MR) is 82.8 cm³/mol. The number of rotatable bonds is 5. The van der Waals surface area contributed by atoms with E-state index in [0.717, 1.165) is 0 Å². The zero-order chi connectivity index (χ0) is 16.2. The Balaban J connectivity index is 2.37. The van der Waals surface area contributed by atoms with E-state index in [1.165, 1.54) is 18.2 Å². The minimum absolute atomic E-state index is 0.0512. The number of benzene rings is 2. The first-order valence-electron chi connectivity index (χ1n) is 6.35. The fourth-order valence-corrected chi connectivity index (χ4v) is 3.50. The predicted octanol–water partition coefficient (Wildman–Crippen LogP) is 2.22. The van der Waals surface area contributed by atoms with Gasteiger partial charge in [-0.25, -0.2) is 13.1 Å². The summed E-state index contributed by atoms with van der Waals surface area (Å²) in [5.74, 6) is 0. The smallest absolute Gasteiger partial charge is 0.242 e. The second-order valence-electron chi connectivity index (χ2n) is 4.52. The fourth-order valence-electron chi connectivity index (χ4n) is 1.97. The van der Waals surface area contributed by atoms with Gasteiger partial charge < -0.3 is 5.11 Å². The van der Waals surface area contributed by atoms with Crippen LogP contribution in [0.25, 0.3) is 0 Å². The highest BCUT2D eigenvalue weighted by atomic mass is 35.5. The van der Waals surface area contributed by atoms with Gasteiger partial charge in [-0.2, -0.15) is 5.26 Å². The van der Waals surface area contributed by atoms with Crippen molar-refractivity contribution < 1.29 is 13.5 Å². The largest absolute Gasteiger partial charge is 0.394 e. The molecule has 0 aliphatic heterocycles. The normalized spacial score (nSPS) is 12.6. The van der Waals surface area contributed by atoms with Crippen LogP contribution < -0.4 is 4.72 Å². The third kappa shape index (κ3) is 3.64. The SMILES string of the molecule is N#Cc1cc(Cl)ccc1S(=O)(=O)NC(CO)c1ccccc1. The molecule has 1 unspecified atom stereocenters. The van der Waals surface area contributed by atoms with Gasteiger partial charge in [0.25, 0.3) is 0 Å². The number of aliphatic hydroxyl groups excluding tert-OH is 1. The van der Waals surface area contributed by atoms with Gasteiger partial charge in [-0.15, -0.1) is 0 Å². The van der Waals surface area contributed by atoms with Crippen molar-refractivity contribution in [3.63, 3.8) is 0 Å². The van der Waals surface area contributed by atoms with Gasteiger partial charge in [0.15, 0.2) is 0 Å². The topological polar surface area (TPSA) is 90.2 Å². The van der Waals surface area contributed by atoms with Crippen LogP contribution in [0.2, 0.25) is 5.02 Å². The van der Waals surface area contributed by atoms with Crippen LogP contribution in [-0.4, -0.2) is 20.1 Å². The van der Waals surface area contributed by atoms with Gasteiger partial charge in [0.2, 0.25) is 10.0 Å². The van der Waals surface area contributed by atoms with Crippen LogP contribution in [0.3, 0.4) is 0 Å². The van der Waals surface area contributed by atoms with Crippen LogP contribution in [0.4, 0.5) is 0 Å². The summed E-state index contributed by atoms with van der Waals surface area (Å²) in [5.41, 5.74) is 0.575. The average Bonchev–Trinajstić information content (AvgIpc) is 2.53. The van der Waals surface area contributed by atoms with Crippen LogP contribution in [0.15, 0.2) is 53.4 Å². The number of hydrogen-bond acceptors (Lipinski definition) is 4. The summed E-state index contributed by atoms with van der Waals surface area (Å²) in [6, 6.07) is 13.6. The highest BCUT2D eigenvalue weighted by Crippen LogP contribution is 2.22. The van der Waals surface area contributed by atoms with E-state index in [2.05, 4.69) is 4.72 Å². The molecule has 0 saturated carbocycles. The van der Waals surface area contributed by atoms with Gasteiger partial charge in [0.05, 0.1) is 23.1 Å². The molecule has 22 heavy (non-hydrogen) atoms. The molecular weight excluding hydrogens is 324 g/mol. The zero-order valence-electron chi connectivity index (χ0n) is 11.4. The van der Waals surface area contributed by atoms with E-state index in [4.69, 9.17) is 16.9 Å². The molecule has 7 heteroatoms. The van der Waals surface area contributed by atoms with E-state index in [-0.39, 0.29) is 15.5 Å².